The number of hydrogen-bond acceptors (Lipinski definition) is 5. The minimum atomic E-state index is -3.44. The minimum Gasteiger partial charge on any atom is -0.229 e. The monoisotopic (exact) mass is 217 g/mol. The first kappa shape index (κ1) is 9.53. The van der Waals surface area contributed by atoms with E-state index < -0.39 is 10.0 Å². The molecular weight excluding hydrogens is 206 g/mol. The quantitative estimate of drug-likeness (QED) is 0.685. The lowest BCUT2D eigenvalue weighted by atomic mass is 10.4. The zero-order chi connectivity index (χ0) is 10.2. The van der Waals surface area contributed by atoms with Gasteiger partial charge in [-0.1, -0.05) is 0 Å². The van der Waals surface area contributed by atoms with Crippen LogP contribution < -0.4 is 5.14 Å². The fourth-order valence-electron chi connectivity index (χ4n) is 1.22. The van der Waals surface area contributed by atoms with Crippen molar-refractivity contribution >= 4 is 10.0 Å². The molecule has 2 N–H and O–H groups in total. The van der Waals surface area contributed by atoms with Crippen LogP contribution in [0.3, 0.4) is 0 Å². The maximum atomic E-state index is 10.7. The molecule has 0 atom stereocenters. The van der Waals surface area contributed by atoms with Crippen molar-refractivity contribution in [1.82, 2.24) is 20.2 Å². The summed E-state index contributed by atoms with van der Waals surface area (Å²) in [6, 6.07) is 0. The number of nitrogens with zero attached hydrogens (tertiary/aromatic N) is 4. The second kappa shape index (κ2) is 3.28. The molecule has 1 fully saturated rings. The van der Waals surface area contributed by atoms with Crippen LogP contribution in [0.15, 0.2) is 0 Å². The third-order valence-corrected chi connectivity index (χ3v) is 2.84. The van der Waals surface area contributed by atoms with E-state index >= 15 is 0 Å². The highest BCUT2D eigenvalue weighted by Crippen LogP contribution is 2.38. The Balaban J connectivity index is 2.05. The molecule has 1 heterocycles. The highest BCUT2D eigenvalue weighted by Gasteiger charge is 2.29. The summed E-state index contributed by atoms with van der Waals surface area (Å²) < 4.78 is 23.0. The first-order valence-electron chi connectivity index (χ1n) is 4.33. The van der Waals surface area contributed by atoms with E-state index in [1.54, 1.807) is 0 Å². The van der Waals surface area contributed by atoms with Crippen molar-refractivity contribution in [1.29, 1.82) is 0 Å². The maximum Gasteiger partial charge on any atom is 0.210 e. The van der Waals surface area contributed by atoms with Crippen molar-refractivity contribution in [3.8, 4) is 0 Å². The molecule has 0 aromatic carbocycles. The average Bonchev–Trinajstić information content (AvgIpc) is 2.81. The lowest BCUT2D eigenvalue weighted by Crippen LogP contribution is -2.21. The maximum absolute atomic E-state index is 10.7. The molecule has 8 heteroatoms. The number of primary sulfonamides is 1. The van der Waals surface area contributed by atoms with Gasteiger partial charge in [-0.2, -0.15) is 0 Å². The smallest absolute Gasteiger partial charge is 0.210 e. The summed E-state index contributed by atoms with van der Waals surface area (Å²) in [5.41, 5.74) is 0. The summed E-state index contributed by atoms with van der Waals surface area (Å²) in [4.78, 5) is 0. The molecule has 1 aromatic rings. The molecule has 0 saturated heterocycles. The number of nitrogens with two attached hydrogens (primary N) is 1. The molecule has 14 heavy (non-hydrogen) atoms. The Morgan fingerprint density at radius 3 is 2.79 bits per heavy atom. The van der Waals surface area contributed by atoms with Crippen molar-refractivity contribution in [2.75, 3.05) is 5.75 Å². The van der Waals surface area contributed by atoms with Gasteiger partial charge in [-0.15, -0.1) is 5.10 Å². The molecule has 0 unspecified atom stereocenters. The van der Waals surface area contributed by atoms with Crippen LogP contribution in [-0.4, -0.2) is 34.4 Å². The second-order valence-corrected chi connectivity index (χ2v) is 5.14. The van der Waals surface area contributed by atoms with Gasteiger partial charge in [0.25, 0.3) is 0 Å². The molecule has 0 radical (unpaired) electrons. The molecule has 1 saturated carbocycles. The zero-order valence-electron chi connectivity index (χ0n) is 7.50. The number of aromatic nitrogens is 4. The van der Waals surface area contributed by atoms with Crippen LogP contribution in [0.2, 0.25) is 0 Å². The summed E-state index contributed by atoms with van der Waals surface area (Å²) in [7, 11) is -3.44. The minimum absolute atomic E-state index is 0.127. The largest absolute Gasteiger partial charge is 0.229 e. The van der Waals surface area contributed by atoms with E-state index in [2.05, 4.69) is 15.5 Å². The number of tetrazole rings is 1. The number of rotatable bonds is 4. The van der Waals surface area contributed by atoms with Crippen molar-refractivity contribution in [3.05, 3.63) is 5.82 Å². The lowest BCUT2D eigenvalue weighted by molar-refractivity contribution is 0.566. The van der Waals surface area contributed by atoms with E-state index in [-0.39, 0.29) is 12.3 Å². The summed E-state index contributed by atoms with van der Waals surface area (Å²) in [5, 5.41) is 16.0. The molecule has 0 spiro atoms. The molecule has 0 amide bonds. The van der Waals surface area contributed by atoms with Crippen LogP contribution in [0, 0.1) is 0 Å². The Morgan fingerprint density at radius 2 is 2.21 bits per heavy atom. The van der Waals surface area contributed by atoms with Crippen molar-refractivity contribution in [2.45, 2.75) is 25.3 Å². The molecule has 1 aliphatic carbocycles. The summed E-state index contributed by atoms with van der Waals surface area (Å²) in [6.45, 7) is 0.234. The number of hydrogen-bond donors (Lipinski definition) is 1. The van der Waals surface area contributed by atoms with E-state index in [1.807, 2.05) is 0 Å². The van der Waals surface area contributed by atoms with Crippen LogP contribution >= 0.6 is 0 Å². The van der Waals surface area contributed by atoms with Crippen molar-refractivity contribution in [2.24, 2.45) is 5.14 Å². The second-order valence-electron chi connectivity index (χ2n) is 3.40. The van der Waals surface area contributed by atoms with E-state index in [0.717, 1.165) is 18.7 Å². The van der Waals surface area contributed by atoms with E-state index in [4.69, 9.17) is 5.14 Å². The topological polar surface area (TPSA) is 104 Å². The predicted octanol–water partition coefficient (Wildman–Crippen LogP) is -1.16. The van der Waals surface area contributed by atoms with Gasteiger partial charge in [0.05, 0.1) is 12.3 Å². The van der Waals surface area contributed by atoms with Crippen molar-refractivity contribution in [3.63, 3.8) is 0 Å². The predicted molar refractivity (Wildman–Crippen MR) is 47.8 cm³/mol. The fraction of sp³-hybridized carbons (Fsp3) is 0.833. The summed E-state index contributed by atoms with van der Waals surface area (Å²) in [6.07, 6.45) is 2.16. The van der Waals surface area contributed by atoms with Crippen LogP contribution in [0.5, 0.6) is 0 Å². The Bertz CT molecular complexity index is 421. The third kappa shape index (κ3) is 2.26. The first-order valence-corrected chi connectivity index (χ1v) is 6.04. The SMILES string of the molecule is NS(=O)(=O)CCn1nnnc1C1CC1. The standard InChI is InChI=1S/C6H11N5O2S/c7-14(12,13)4-3-11-6(5-1-2-5)8-9-10-11/h5H,1-4H2,(H2,7,12,13). The Kier molecular flexibility index (Phi) is 2.23. The lowest BCUT2D eigenvalue weighted by Gasteiger charge is -2.01. The van der Waals surface area contributed by atoms with Crippen LogP contribution in [0.25, 0.3) is 0 Å². The van der Waals surface area contributed by atoms with Crippen LogP contribution in [0.4, 0.5) is 0 Å². The van der Waals surface area contributed by atoms with Crippen LogP contribution in [-0.2, 0) is 16.6 Å². The Hall–Kier alpha value is -1.02. The van der Waals surface area contributed by atoms with Gasteiger partial charge in [-0.05, 0) is 23.3 Å². The number of sulfonamides is 1. The van der Waals surface area contributed by atoms with Crippen molar-refractivity contribution < 1.29 is 8.42 Å². The first-order chi connectivity index (χ1) is 6.56. The van der Waals surface area contributed by atoms with Crippen LogP contribution in [0.1, 0.15) is 24.6 Å². The van der Waals surface area contributed by atoms with Gasteiger partial charge in [0.2, 0.25) is 10.0 Å². The van der Waals surface area contributed by atoms with E-state index in [0.29, 0.717) is 5.92 Å². The molecule has 78 valence electrons. The zero-order valence-corrected chi connectivity index (χ0v) is 8.31. The Labute approximate surface area is 81.3 Å². The molecule has 1 aromatic heterocycles. The molecule has 0 bridgehead atoms. The van der Waals surface area contributed by atoms with Gasteiger partial charge in [0.1, 0.15) is 0 Å². The molecule has 7 nitrogen and oxygen atoms in total. The highest BCUT2D eigenvalue weighted by molar-refractivity contribution is 7.89. The van der Waals surface area contributed by atoms with Gasteiger partial charge in [0, 0.05) is 5.92 Å². The van der Waals surface area contributed by atoms with E-state index in [1.165, 1.54) is 4.68 Å². The molecular formula is C6H11N5O2S. The molecule has 1 aliphatic rings. The summed E-state index contributed by atoms with van der Waals surface area (Å²) >= 11 is 0. The fourth-order valence-corrected chi connectivity index (χ4v) is 1.65. The molecule has 0 aliphatic heterocycles. The average molecular weight is 217 g/mol. The normalized spacial score (nSPS) is 17.2. The highest BCUT2D eigenvalue weighted by atomic mass is 32.2. The van der Waals surface area contributed by atoms with Gasteiger partial charge in [-0.3, -0.25) is 0 Å². The summed E-state index contributed by atoms with van der Waals surface area (Å²) in [5.74, 6) is 1.05. The number of aryl methyl sites for hydroxylation is 1. The van der Waals surface area contributed by atoms with Gasteiger partial charge in [0.15, 0.2) is 5.82 Å². The third-order valence-electron chi connectivity index (χ3n) is 2.09. The Morgan fingerprint density at radius 1 is 1.50 bits per heavy atom. The molecule has 2 rings (SSSR count). The van der Waals surface area contributed by atoms with Gasteiger partial charge < -0.3 is 0 Å². The van der Waals surface area contributed by atoms with E-state index in [9.17, 15) is 8.42 Å². The van der Waals surface area contributed by atoms with Gasteiger partial charge >= 0.3 is 0 Å². The van der Waals surface area contributed by atoms with Gasteiger partial charge in [-0.25, -0.2) is 18.2 Å².